The fourth-order valence-corrected chi connectivity index (χ4v) is 1.05. The summed E-state index contributed by atoms with van der Waals surface area (Å²) in [6, 6.07) is 1.83. The molecule has 1 heterocycles. The van der Waals surface area contributed by atoms with E-state index in [0.29, 0.717) is 5.82 Å². The van der Waals surface area contributed by atoms with Crippen LogP contribution in [0, 0.1) is 7.05 Å². The lowest BCUT2D eigenvalue weighted by Crippen LogP contribution is -1.82. The molecule has 0 fully saturated rings. The van der Waals surface area contributed by atoms with E-state index in [4.69, 9.17) is 11.6 Å². The van der Waals surface area contributed by atoms with Gasteiger partial charge in [-0.3, -0.25) is 0 Å². The normalized spacial score (nSPS) is 10.2. The number of aromatic nitrogens is 1. The number of anilines is 1. The summed E-state index contributed by atoms with van der Waals surface area (Å²) in [6.45, 7) is 2.17. The van der Waals surface area contributed by atoms with E-state index in [9.17, 15) is 0 Å². The van der Waals surface area contributed by atoms with Gasteiger partial charge in [-0.15, -0.1) is 0 Å². The van der Waals surface area contributed by atoms with Crippen molar-refractivity contribution >= 4 is 5.82 Å². The minimum Gasteiger partial charge on any atom is -0.360 e. The number of aryl methyl sites for hydroxylation is 1. The second kappa shape index (κ2) is 4.80. The van der Waals surface area contributed by atoms with Crippen LogP contribution in [0.5, 0.6) is 0 Å². The van der Waals surface area contributed by atoms with Gasteiger partial charge in [-0.25, -0.2) is 0 Å². The van der Waals surface area contributed by atoms with Gasteiger partial charge in [0, 0.05) is 12.5 Å². The molecule has 0 atom stereocenters. The topological polar surface area (TPSA) is 38.1 Å². The van der Waals surface area contributed by atoms with Crippen molar-refractivity contribution in [2.45, 2.75) is 32.6 Å². The zero-order chi connectivity index (χ0) is 8.81. The Balaban J connectivity index is 2.31. The summed E-state index contributed by atoms with van der Waals surface area (Å²) < 4.78 is 5.01. The summed E-state index contributed by atoms with van der Waals surface area (Å²) in [5.74, 6) is 1.50. The fourth-order valence-electron chi connectivity index (χ4n) is 1.05. The Labute approximate surface area is 73.1 Å². The number of nitrogens with one attached hydrogen (secondary N) is 1. The molecule has 1 aromatic heterocycles. The molecule has 0 bridgehead atoms. The summed E-state index contributed by atoms with van der Waals surface area (Å²) in [5.41, 5.74) is 0. The predicted molar refractivity (Wildman–Crippen MR) is 47.7 cm³/mol. The monoisotopic (exact) mass is 166 g/mol. The van der Waals surface area contributed by atoms with Crippen LogP contribution in [0.1, 0.15) is 31.9 Å². The quantitative estimate of drug-likeness (QED) is 0.539. The van der Waals surface area contributed by atoms with Crippen LogP contribution in [0.3, 0.4) is 0 Å². The average Bonchev–Trinajstić information content (AvgIpc) is 2.53. The second-order valence-electron chi connectivity index (χ2n) is 2.78. The number of unbranched alkanes of at least 4 members (excludes halogenated alkanes) is 2. The number of hydrogen-bond acceptors (Lipinski definition) is 3. The maximum atomic E-state index is 5.15. The molecule has 66 valence electrons. The van der Waals surface area contributed by atoms with Gasteiger partial charge in [-0.1, -0.05) is 24.9 Å². The van der Waals surface area contributed by atoms with Gasteiger partial charge in [0.05, 0.1) is 7.05 Å². The van der Waals surface area contributed by atoms with Crippen molar-refractivity contribution in [2.75, 3.05) is 5.32 Å². The van der Waals surface area contributed by atoms with Crippen LogP contribution in [-0.4, -0.2) is 5.16 Å². The number of rotatable bonds is 5. The molecule has 0 amide bonds. The molecule has 0 aliphatic heterocycles. The summed E-state index contributed by atoms with van der Waals surface area (Å²) in [7, 11) is 5.15. The lowest BCUT2D eigenvalue weighted by molar-refractivity contribution is 0.381. The molecule has 0 unspecified atom stereocenters. The first-order valence-electron chi connectivity index (χ1n) is 4.29. The van der Waals surface area contributed by atoms with Crippen molar-refractivity contribution < 1.29 is 4.52 Å². The molecule has 0 saturated heterocycles. The molecule has 0 aliphatic carbocycles. The van der Waals surface area contributed by atoms with E-state index >= 15 is 0 Å². The van der Waals surface area contributed by atoms with Crippen LogP contribution in [0.4, 0.5) is 5.82 Å². The first-order valence-corrected chi connectivity index (χ1v) is 4.29. The van der Waals surface area contributed by atoms with E-state index in [1.807, 2.05) is 6.07 Å². The zero-order valence-corrected chi connectivity index (χ0v) is 7.34. The number of hydrogen-bond donors (Lipinski definition) is 1. The third kappa shape index (κ3) is 2.57. The first-order chi connectivity index (χ1) is 5.86. The molecule has 2 radical (unpaired) electrons. The lowest BCUT2D eigenvalue weighted by Gasteiger charge is -1.92. The van der Waals surface area contributed by atoms with Crippen molar-refractivity contribution in [3.63, 3.8) is 0 Å². The highest BCUT2D eigenvalue weighted by Crippen LogP contribution is 2.11. The van der Waals surface area contributed by atoms with Crippen LogP contribution < -0.4 is 5.32 Å². The van der Waals surface area contributed by atoms with E-state index in [1.54, 1.807) is 0 Å². The van der Waals surface area contributed by atoms with Gasteiger partial charge in [0.1, 0.15) is 5.76 Å². The van der Waals surface area contributed by atoms with Crippen LogP contribution in [-0.2, 0) is 6.42 Å². The Bertz CT molecular complexity index is 220. The lowest BCUT2D eigenvalue weighted by atomic mass is 10.2. The van der Waals surface area contributed by atoms with E-state index in [0.717, 1.165) is 18.6 Å². The summed E-state index contributed by atoms with van der Waals surface area (Å²) >= 11 is 0. The molecular formula is C9H14N2O. The van der Waals surface area contributed by atoms with Crippen molar-refractivity contribution in [3.8, 4) is 0 Å². The molecule has 12 heavy (non-hydrogen) atoms. The van der Waals surface area contributed by atoms with E-state index < -0.39 is 0 Å². The van der Waals surface area contributed by atoms with Gasteiger partial charge in [0.15, 0.2) is 5.82 Å². The Morgan fingerprint density at radius 1 is 1.58 bits per heavy atom. The van der Waals surface area contributed by atoms with E-state index in [1.165, 1.54) is 12.8 Å². The molecule has 1 aromatic rings. The summed E-state index contributed by atoms with van der Waals surface area (Å²) in [6.07, 6.45) is 4.54. The van der Waals surface area contributed by atoms with Crippen molar-refractivity contribution in [2.24, 2.45) is 0 Å². The molecule has 0 aromatic carbocycles. The minimum absolute atomic E-state index is 0.599. The Hall–Kier alpha value is -0.990. The van der Waals surface area contributed by atoms with Crippen molar-refractivity contribution in [1.82, 2.24) is 5.16 Å². The average molecular weight is 166 g/mol. The molecule has 0 aliphatic rings. The zero-order valence-electron chi connectivity index (χ0n) is 7.34. The fraction of sp³-hybridized carbons (Fsp3) is 0.556. The molecular weight excluding hydrogens is 152 g/mol. The standard InChI is InChI=1S/C9H14N2O/c1-3-4-5-6-8-7-9(10-2)11-12-8/h2,7H,3-6H2,1H3,(H,10,11). The number of nitrogens with zero attached hydrogens (tertiary/aromatic N) is 1. The Morgan fingerprint density at radius 3 is 3.00 bits per heavy atom. The van der Waals surface area contributed by atoms with Gasteiger partial charge in [-0.2, -0.15) is 0 Å². The van der Waals surface area contributed by atoms with Crippen LogP contribution in [0.2, 0.25) is 0 Å². The largest absolute Gasteiger partial charge is 0.360 e. The SMILES string of the molecule is [CH]Nc1cc(CCCCC)on1. The highest BCUT2D eigenvalue weighted by atomic mass is 16.5. The Morgan fingerprint density at radius 2 is 2.42 bits per heavy atom. The molecule has 1 rings (SSSR count). The van der Waals surface area contributed by atoms with Gasteiger partial charge in [-0.05, 0) is 6.42 Å². The summed E-state index contributed by atoms with van der Waals surface area (Å²) in [5, 5.41) is 6.14. The summed E-state index contributed by atoms with van der Waals surface area (Å²) in [4.78, 5) is 0. The van der Waals surface area contributed by atoms with Gasteiger partial charge in [0.25, 0.3) is 0 Å². The highest BCUT2D eigenvalue weighted by Gasteiger charge is 2.00. The molecule has 0 spiro atoms. The van der Waals surface area contributed by atoms with Crippen LogP contribution in [0.25, 0.3) is 0 Å². The van der Waals surface area contributed by atoms with E-state index in [-0.39, 0.29) is 0 Å². The smallest absolute Gasteiger partial charge is 0.169 e. The molecule has 1 N–H and O–H groups in total. The van der Waals surface area contributed by atoms with Crippen molar-refractivity contribution in [3.05, 3.63) is 18.9 Å². The first kappa shape index (κ1) is 9.10. The predicted octanol–water partition coefficient (Wildman–Crippen LogP) is 2.49. The maximum Gasteiger partial charge on any atom is 0.169 e. The van der Waals surface area contributed by atoms with Crippen molar-refractivity contribution in [1.29, 1.82) is 0 Å². The molecule has 3 nitrogen and oxygen atoms in total. The maximum absolute atomic E-state index is 5.15. The van der Waals surface area contributed by atoms with E-state index in [2.05, 4.69) is 17.4 Å². The Kier molecular flexibility index (Phi) is 3.64. The third-order valence-corrected chi connectivity index (χ3v) is 1.73. The third-order valence-electron chi connectivity index (χ3n) is 1.73. The van der Waals surface area contributed by atoms with Crippen LogP contribution >= 0.6 is 0 Å². The highest BCUT2D eigenvalue weighted by molar-refractivity contribution is 5.33. The van der Waals surface area contributed by atoms with Crippen LogP contribution in [0.15, 0.2) is 10.6 Å². The van der Waals surface area contributed by atoms with Gasteiger partial charge >= 0.3 is 0 Å². The van der Waals surface area contributed by atoms with Gasteiger partial charge < -0.3 is 9.84 Å². The minimum atomic E-state index is 0.599. The molecule has 0 saturated carbocycles. The molecule has 3 heteroatoms. The van der Waals surface area contributed by atoms with Gasteiger partial charge in [0.2, 0.25) is 0 Å². The second-order valence-corrected chi connectivity index (χ2v) is 2.78.